The van der Waals surface area contributed by atoms with E-state index in [-0.39, 0.29) is 17.4 Å². The van der Waals surface area contributed by atoms with Gasteiger partial charge < -0.3 is 14.8 Å². The van der Waals surface area contributed by atoms with Gasteiger partial charge in [-0.1, -0.05) is 12.5 Å². The maximum Gasteiger partial charge on any atom is 0.262 e. The molecule has 30 heavy (non-hydrogen) atoms. The van der Waals surface area contributed by atoms with E-state index in [2.05, 4.69) is 5.32 Å². The molecule has 0 unspecified atom stereocenters. The minimum atomic E-state index is -3.56. The van der Waals surface area contributed by atoms with E-state index in [0.717, 1.165) is 30.6 Å². The molecule has 1 amide bonds. The number of piperidine rings is 1. The Balaban J connectivity index is 1.64. The van der Waals surface area contributed by atoms with Crippen LogP contribution in [0.4, 0.5) is 5.69 Å². The van der Waals surface area contributed by atoms with E-state index in [0.29, 0.717) is 31.1 Å². The number of carbonyl (C=O) groups excluding carboxylic acids is 1. The zero-order chi connectivity index (χ0) is 21.6. The van der Waals surface area contributed by atoms with Gasteiger partial charge in [-0.15, -0.1) is 0 Å². The molecule has 8 heteroatoms. The first-order valence-electron chi connectivity index (χ1n) is 10.2. The Morgan fingerprint density at radius 1 is 1.00 bits per heavy atom. The van der Waals surface area contributed by atoms with Gasteiger partial charge in [-0.05, 0) is 68.7 Å². The summed E-state index contributed by atoms with van der Waals surface area (Å²) in [5.74, 6) is 0.919. The first-order valence-corrected chi connectivity index (χ1v) is 11.6. The van der Waals surface area contributed by atoms with E-state index in [9.17, 15) is 13.2 Å². The Morgan fingerprint density at radius 3 is 2.27 bits per heavy atom. The molecule has 0 aromatic heterocycles. The standard InChI is InChI=1S/C22H28N2O5S/c1-3-28-18-8-10-19(11-9-18)29-16-22(25)23-21-15-20(12-7-17(21)2)30(26,27)24-13-5-4-6-14-24/h7-12,15H,3-6,13-14,16H2,1-2H3,(H,23,25). The van der Waals surface area contributed by atoms with Gasteiger partial charge in [-0.25, -0.2) is 8.42 Å². The SMILES string of the molecule is CCOc1ccc(OCC(=O)Nc2cc(S(=O)(=O)N3CCCCC3)ccc2C)cc1. The lowest BCUT2D eigenvalue weighted by atomic mass is 10.2. The zero-order valence-corrected chi connectivity index (χ0v) is 18.2. The van der Waals surface area contributed by atoms with Crippen LogP contribution in [0.3, 0.4) is 0 Å². The molecule has 1 heterocycles. The average Bonchev–Trinajstić information content (AvgIpc) is 2.75. The minimum absolute atomic E-state index is 0.184. The van der Waals surface area contributed by atoms with Gasteiger partial charge in [0.15, 0.2) is 6.61 Å². The summed E-state index contributed by atoms with van der Waals surface area (Å²) in [6.45, 7) is 5.19. The molecule has 1 fully saturated rings. The number of sulfonamides is 1. The van der Waals surface area contributed by atoms with Gasteiger partial charge in [-0.3, -0.25) is 4.79 Å². The van der Waals surface area contributed by atoms with Gasteiger partial charge in [0.25, 0.3) is 5.91 Å². The molecule has 2 aromatic carbocycles. The predicted molar refractivity (Wildman–Crippen MR) is 116 cm³/mol. The third-order valence-corrected chi connectivity index (χ3v) is 6.84. The first kappa shape index (κ1) is 22.1. The summed E-state index contributed by atoms with van der Waals surface area (Å²) in [7, 11) is -3.56. The van der Waals surface area contributed by atoms with E-state index >= 15 is 0 Å². The average molecular weight is 433 g/mol. The zero-order valence-electron chi connectivity index (χ0n) is 17.4. The quantitative estimate of drug-likeness (QED) is 0.689. The van der Waals surface area contributed by atoms with Crippen LogP contribution in [-0.2, 0) is 14.8 Å². The highest BCUT2D eigenvalue weighted by Crippen LogP contribution is 2.25. The van der Waals surface area contributed by atoms with Crippen molar-refractivity contribution in [3.05, 3.63) is 48.0 Å². The van der Waals surface area contributed by atoms with E-state index < -0.39 is 10.0 Å². The van der Waals surface area contributed by atoms with Gasteiger partial charge in [0, 0.05) is 18.8 Å². The van der Waals surface area contributed by atoms with Gasteiger partial charge in [0.1, 0.15) is 11.5 Å². The molecule has 0 aliphatic carbocycles. The number of benzene rings is 2. The molecule has 1 saturated heterocycles. The molecule has 2 aromatic rings. The molecule has 1 aliphatic heterocycles. The summed E-state index contributed by atoms with van der Waals surface area (Å²) in [5, 5.41) is 2.76. The number of ether oxygens (including phenoxy) is 2. The van der Waals surface area contributed by atoms with Crippen LogP contribution in [0.2, 0.25) is 0 Å². The topological polar surface area (TPSA) is 84.9 Å². The Morgan fingerprint density at radius 2 is 1.63 bits per heavy atom. The summed E-state index contributed by atoms with van der Waals surface area (Å²) in [5.41, 5.74) is 1.25. The van der Waals surface area contributed by atoms with Crippen LogP contribution in [0.25, 0.3) is 0 Å². The van der Waals surface area contributed by atoms with Gasteiger partial charge >= 0.3 is 0 Å². The second-order valence-corrected chi connectivity index (χ2v) is 9.12. The highest BCUT2D eigenvalue weighted by atomic mass is 32.2. The Bertz CT molecular complexity index is 968. The fourth-order valence-corrected chi connectivity index (χ4v) is 4.83. The number of rotatable bonds is 8. The van der Waals surface area contributed by atoms with Gasteiger partial charge in [-0.2, -0.15) is 4.31 Å². The van der Waals surface area contributed by atoms with Crippen LogP contribution in [0.15, 0.2) is 47.4 Å². The molecule has 1 N–H and O–H groups in total. The second-order valence-electron chi connectivity index (χ2n) is 7.18. The summed E-state index contributed by atoms with van der Waals surface area (Å²) >= 11 is 0. The second kappa shape index (κ2) is 9.95. The number of nitrogens with zero attached hydrogens (tertiary/aromatic N) is 1. The number of hydrogen-bond donors (Lipinski definition) is 1. The van der Waals surface area contributed by atoms with Crippen molar-refractivity contribution in [3.8, 4) is 11.5 Å². The van der Waals surface area contributed by atoms with Crippen LogP contribution in [0.1, 0.15) is 31.7 Å². The third kappa shape index (κ3) is 5.52. The number of aryl methyl sites for hydroxylation is 1. The van der Waals surface area contributed by atoms with Crippen molar-refractivity contribution < 1.29 is 22.7 Å². The van der Waals surface area contributed by atoms with Gasteiger partial charge in [0.2, 0.25) is 10.0 Å². The summed E-state index contributed by atoms with van der Waals surface area (Å²) < 4.78 is 38.2. The Kier molecular flexibility index (Phi) is 7.33. The number of carbonyl (C=O) groups is 1. The maximum absolute atomic E-state index is 12.9. The van der Waals surface area contributed by atoms with E-state index in [4.69, 9.17) is 9.47 Å². The van der Waals surface area contributed by atoms with Gasteiger partial charge in [0.05, 0.1) is 11.5 Å². The summed E-state index contributed by atoms with van der Waals surface area (Å²) in [4.78, 5) is 12.5. The molecule has 0 bridgehead atoms. The van der Waals surface area contributed by atoms with Crippen LogP contribution in [0.5, 0.6) is 11.5 Å². The molecule has 162 valence electrons. The predicted octanol–water partition coefficient (Wildman–Crippen LogP) is 3.59. The number of nitrogens with one attached hydrogen (secondary N) is 1. The smallest absolute Gasteiger partial charge is 0.262 e. The van der Waals surface area contributed by atoms with Crippen molar-refractivity contribution in [1.29, 1.82) is 0 Å². The Labute approximate surface area is 178 Å². The van der Waals surface area contributed by atoms with Crippen molar-refractivity contribution in [1.82, 2.24) is 4.31 Å². The van der Waals surface area contributed by atoms with Crippen LogP contribution >= 0.6 is 0 Å². The van der Waals surface area contributed by atoms with Crippen molar-refractivity contribution >= 4 is 21.6 Å². The van der Waals surface area contributed by atoms with Crippen molar-refractivity contribution in [3.63, 3.8) is 0 Å². The molecule has 0 saturated carbocycles. The van der Waals surface area contributed by atoms with E-state index in [1.807, 2.05) is 13.8 Å². The Hall–Kier alpha value is -2.58. The van der Waals surface area contributed by atoms with E-state index in [1.165, 1.54) is 10.4 Å². The summed E-state index contributed by atoms with van der Waals surface area (Å²) in [6.07, 6.45) is 2.80. The monoisotopic (exact) mass is 432 g/mol. The molecule has 0 atom stereocenters. The fourth-order valence-electron chi connectivity index (χ4n) is 3.28. The lowest BCUT2D eigenvalue weighted by Gasteiger charge is -2.26. The normalized spacial score (nSPS) is 14.9. The largest absolute Gasteiger partial charge is 0.494 e. The van der Waals surface area contributed by atoms with E-state index in [1.54, 1.807) is 36.4 Å². The lowest BCUT2D eigenvalue weighted by molar-refractivity contribution is -0.118. The highest BCUT2D eigenvalue weighted by molar-refractivity contribution is 7.89. The first-order chi connectivity index (χ1) is 14.4. The molecule has 1 aliphatic rings. The molecular formula is C22H28N2O5S. The summed E-state index contributed by atoms with van der Waals surface area (Å²) in [6, 6.07) is 11.8. The molecule has 7 nitrogen and oxygen atoms in total. The van der Waals surface area contributed by atoms with Crippen LogP contribution < -0.4 is 14.8 Å². The highest BCUT2D eigenvalue weighted by Gasteiger charge is 2.26. The fraction of sp³-hybridized carbons (Fsp3) is 0.409. The van der Waals surface area contributed by atoms with Crippen LogP contribution in [-0.4, -0.2) is 44.9 Å². The number of hydrogen-bond acceptors (Lipinski definition) is 5. The maximum atomic E-state index is 12.9. The third-order valence-electron chi connectivity index (χ3n) is 4.94. The van der Waals surface area contributed by atoms with Crippen molar-refractivity contribution in [2.24, 2.45) is 0 Å². The molecule has 0 radical (unpaired) electrons. The molecule has 0 spiro atoms. The molecular weight excluding hydrogens is 404 g/mol. The molecule has 3 rings (SSSR count). The number of anilines is 1. The van der Waals surface area contributed by atoms with Crippen molar-refractivity contribution in [2.45, 2.75) is 38.0 Å². The van der Waals surface area contributed by atoms with Crippen LogP contribution in [0, 0.1) is 6.92 Å². The minimum Gasteiger partial charge on any atom is -0.494 e. The lowest BCUT2D eigenvalue weighted by Crippen LogP contribution is -2.35. The van der Waals surface area contributed by atoms with Crippen molar-refractivity contribution in [2.75, 3.05) is 31.6 Å². The number of amides is 1.